The van der Waals surface area contributed by atoms with Crippen molar-refractivity contribution < 1.29 is 19.1 Å². The van der Waals surface area contributed by atoms with Crippen LogP contribution in [0, 0.1) is 5.92 Å². The van der Waals surface area contributed by atoms with E-state index < -0.39 is 0 Å². The van der Waals surface area contributed by atoms with Gasteiger partial charge in [0.05, 0.1) is 13.7 Å². The van der Waals surface area contributed by atoms with Crippen LogP contribution in [0.5, 0.6) is 11.5 Å². The van der Waals surface area contributed by atoms with Gasteiger partial charge in [-0.15, -0.1) is 0 Å². The molecule has 0 aliphatic carbocycles. The molecule has 0 saturated heterocycles. The minimum Gasteiger partial charge on any atom is -0.493 e. The Morgan fingerprint density at radius 1 is 1.00 bits per heavy atom. The maximum Gasteiger partial charge on any atom is 0.255 e. The van der Waals surface area contributed by atoms with Gasteiger partial charge in [-0.2, -0.15) is 0 Å². The van der Waals surface area contributed by atoms with Crippen molar-refractivity contribution >= 4 is 23.2 Å². The molecule has 0 aliphatic rings. The van der Waals surface area contributed by atoms with E-state index in [-0.39, 0.29) is 17.7 Å². The fourth-order valence-electron chi connectivity index (χ4n) is 2.25. The van der Waals surface area contributed by atoms with Crippen molar-refractivity contribution in [2.24, 2.45) is 5.92 Å². The molecular formula is C20H24N2O4. The van der Waals surface area contributed by atoms with Crippen LogP contribution in [0.25, 0.3) is 0 Å². The Hall–Kier alpha value is -3.02. The number of nitrogens with one attached hydrogen (secondary N) is 2. The van der Waals surface area contributed by atoms with Gasteiger partial charge in [0.2, 0.25) is 5.91 Å². The Balaban J connectivity index is 2.13. The molecule has 6 heteroatoms. The van der Waals surface area contributed by atoms with Gasteiger partial charge in [0.15, 0.2) is 11.5 Å². The third-order valence-electron chi connectivity index (χ3n) is 3.64. The average Bonchev–Trinajstić information content (AvgIpc) is 2.62. The van der Waals surface area contributed by atoms with E-state index in [1.54, 1.807) is 42.5 Å². The van der Waals surface area contributed by atoms with Crippen LogP contribution in [0.3, 0.4) is 0 Å². The summed E-state index contributed by atoms with van der Waals surface area (Å²) in [6.07, 6.45) is 0. The lowest BCUT2D eigenvalue weighted by Gasteiger charge is -2.12. The van der Waals surface area contributed by atoms with Crippen LogP contribution in [-0.4, -0.2) is 25.5 Å². The minimum atomic E-state index is -0.279. The summed E-state index contributed by atoms with van der Waals surface area (Å²) in [5.41, 5.74) is 1.66. The molecular weight excluding hydrogens is 332 g/mol. The first-order chi connectivity index (χ1) is 12.4. The monoisotopic (exact) mass is 356 g/mol. The Morgan fingerprint density at radius 2 is 1.69 bits per heavy atom. The number of anilines is 2. The number of hydrogen-bond donors (Lipinski definition) is 2. The van der Waals surface area contributed by atoms with Gasteiger partial charge in [-0.25, -0.2) is 0 Å². The van der Waals surface area contributed by atoms with Crippen LogP contribution in [0.1, 0.15) is 31.1 Å². The molecule has 0 aromatic heterocycles. The molecule has 0 saturated carbocycles. The number of ether oxygens (including phenoxy) is 2. The van der Waals surface area contributed by atoms with Crippen LogP contribution >= 0.6 is 0 Å². The fourth-order valence-corrected chi connectivity index (χ4v) is 2.25. The van der Waals surface area contributed by atoms with Crippen molar-refractivity contribution in [2.45, 2.75) is 20.8 Å². The molecule has 0 heterocycles. The van der Waals surface area contributed by atoms with Crippen LogP contribution in [0.4, 0.5) is 11.4 Å². The number of benzene rings is 2. The quantitative estimate of drug-likeness (QED) is 0.788. The SMILES string of the molecule is CCOc1ccc(C(=O)Nc2cccc(NC(=O)C(C)C)c2)cc1OC. The number of rotatable bonds is 7. The lowest BCUT2D eigenvalue weighted by atomic mass is 10.1. The minimum absolute atomic E-state index is 0.0790. The van der Waals surface area contributed by atoms with Crippen molar-refractivity contribution in [1.82, 2.24) is 0 Å². The topological polar surface area (TPSA) is 76.7 Å². The number of methoxy groups -OCH3 is 1. The highest BCUT2D eigenvalue weighted by molar-refractivity contribution is 6.05. The summed E-state index contributed by atoms with van der Waals surface area (Å²) in [6.45, 7) is 6.03. The van der Waals surface area contributed by atoms with Crippen molar-refractivity contribution in [3.8, 4) is 11.5 Å². The number of hydrogen-bond acceptors (Lipinski definition) is 4. The van der Waals surface area contributed by atoms with Crippen molar-refractivity contribution in [3.63, 3.8) is 0 Å². The zero-order valence-electron chi connectivity index (χ0n) is 15.5. The second-order valence-corrected chi connectivity index (χ2v) is 5.98. The normalized spacial score (nSPS) is 10.3. The summed E-state index contributed by atoms with van der Waals surface area (Å²) in [7, 11) is 1.53. The summed E-state index contributed by atoms with van der Waals surface area (Å²) in [5.74, 6) is 0.607. The van der Waals surface area contributed by atoms with E-state index in [1.807, 2.05) is 20.8 Å². The molecule has 0 atom stereocenters. The predicted octanol–water partition coefficient (Wildman–Crippen LogP) is 3.94. The van der Waals surface area contributed by atoms with Gasteiger partial charge >= 0.3 is 0 Å². The third-order valence-corrected chi connectivity index (χ3v) is 3.64. The van der Waals surface area contributed by atoms with Gasteiger partial charge in [-0.1, -0.05) is 19.9 Å². The van der Waals surface area contributed by atoms with Crippen LogP contribution < -0.4 is 20.1 Å². The molecule has 2 aromatic carbocycles. The maximum atomic E-state index is 12.5. The lowest BCUT2D eigenvalue weighted by Crippen LogP contribution is -2.18. The van der Waals surface area contributed by atoms with E-state index in [0.29, 0.717) is 35.0 Å². The van der Waals surface area contributed by atoms with Gasteiger partial charge in [0.1, 0.15) is 0 Å². The Labute approximate surface area is 153 Å². The van der Waals surface area contributed by atoms with Crippen molar-refractivity contribution in [1.29, 1.82) is 0 Å². The maximum absolute atomic E-state index is 12.5. The second-order valence-electron chi connectivity index (χ2n) is 5.98. The molecule has 26 heavy (non-hydrogen) atoms. The molecule has 0 spiro atoms. The molecule has 2 aromatic rings. The summed E-state index contributed by atoms with van der Waals surface area (Å²) in [4.78, 5) is 24.3. The lowest BCUT2D eigenvalue weighted by molar-refractivity contribution is -0.118. The van der Waals surface area contributed by atoms with Gasteiger partial charge < -0.3 is 20.1 Å². The van der Waals surface area contributed by atoms with E-state index in [4.69, 9.17) is 9.47 Å². The van der Waals surface area contributed by atoms with Crippen LogP contribution in [0.2, 0.25) is 0 Å². The summed E-state index contributed by atoms with van der Waals surface area (Å²) in [6, 6.07) is 12.0. The first-order valence-electron chi connectivity index (χ1n) is 8.47. The zero-order valence-corrected chi connectivity index (χ0v) is 15.5. The van der Waals surface area contributed by atoms with Gasteiger partial charge in [-0.3, -0.25) is 9.59 Å². The van der Waals surface area contributed by atoms with Gasteiger partial charge in [0.25, 0.3) is 5.91 Å². The number of amides is 2. The third kappa shape index (κ3) is 4.99. The van der Waals surface area contributed by atoms with E-state index in [2.05, 4.69) is 10.6 Å². The molecule has 2 amide bonds. The molecule has 0 radical (unpaired) electrons. The molecule has 138 valence electrons. The van der Waals surface area contributed by atoms with E-state index in [0.717, 1.165) is 0 Å². The highest BCUT2D eigenvalue weighted by atomic mass is 16.5. The van der Waals surface area contributed by atoms with E-state index >= 15 is 0 Å². The van der Waals surface area contributed by atoms with E-state index in [9.17, 15) is 9.59 Å². The van der Waals surface area contributed by atoms with Crippen LogP contribution in [0.15, 0.2) is 42.5 Å². The Kier molecular flexibility index (Phi) is 6.60. The average molecular weight is 356 g/mol. The highest BCUT2D eigenvalue weighted by Crippen LogP contribution is 2.28. The number of carbonyl (C=O) groups excluding carboxylic acids is 2. The van der Waals surface area contributed by atoms with Gasteiger partial charge in [0, 0.05) is 22.9 Å². The molecule has 6 nitrogen and oxygen atoms in total. The fraction of sp³-hybridized carbons (Fsp3) is 0.300. The highest BCUT2D eigenvalue weighted by Gasteiger charge is 2.12. The first-order valence-corrected chi connectivity index (χ1v) is 8.47. The van der Waals surface area contributed by atoms with Crippen molar-refractivity contribution in [3.05, 3.63) is 48.0 Å². The largest absolute Gasteiger partial charge is 0.493 e. The molecule has 0 aliphatic heterocycles. The van der Waals surface area contributed by atoms with Crippen LogP contribution in [-0.2, 0) is 4.79 Å². The standard InChI is InChI=1S/C20H24N2O4/c1-5-26-17-10-9-14(11-18(17)25-4)20(24)22-16-8-6-7-15(12-16)21-19(23)13(2)3/h6-13H,5H2,1-4H3,(H,21,23)(H,22,24). The summed E-state index contributed by atoms with van der Waals surface area (Å²) >= 11 is 0. The first kappa shape index (κ1) is 19.3. The molecule has 2 rings (SSSR count). The molecule has 0 unspecified atom stereocenters. The van der Waals surface area contributed by atoms with Crippen molar-refractivity contribution in [2.75, 3.05) is 24.4 Å². The second kappa shape index (κ2) is 8.89. The smallest absolute Gasteiger partial charge is 0.255 e. The predicted molar refractivity (Wildman–Crippen MR) is 102 cm³/mol. The zero-order chi connectivity index (χ0) is 19.1. The summed E-state index contributed by atoms with van der Waals surface area (Å²) in [5, 5.41) is 5.62. The Bertz CT molecular complexity index is 787. The summed E-state index contributed by atoms with van der Waals surface area (Å²) < 4.78 is 10.7. The number of carbonyl (C=O) groups is 2. The molecule has 0 bridgehead atoms. The van der Waals surface area contributed by atoms with E-state index in [1.165, 1.54) is 7.11 Å². The Morgan fingerprint density at radius 3 is 2.31 bits per heavy atom. The molecule has 0 fully saturated rings. The van der Waals surface area contributed by atoms with Gasteiger partial charge in [-0.05, 0) is 43.3 Å². The molecule has 2 N–H and O–H groups in total.